The molecule has 0 saturated heterocycles. The summed E-state index contributed by atoms with van der Waals surface area (Å²) in [7, 11) is 1.21. The number of carbonyl (C=O) groups is 1. The molecule has 1 aromatic heterocycles. The van der Waals surface area contributed by atoms with E-state index in [2.05, 4.69) is 9.72 Å². The van der Waals surface area contributed by atoms with Gasteiger partial charge in [0.25, 0.3) is 5.69 Å². The molecule has 0 aromatic carbocycles. The van der Waals surface area contributed by atoms with Crippen molar-refractivity contribution in [2.75, 3.05) is 7.11 Å². The molecule has 0 N–H and O–H groups in total. The van der Waals surface area contributed by atoms with Crippen molar-refractivity contribution < 1.29 is 14.5 Å². The second-order valence-corrected chi connectivity index (χ2v) is 3.03. The maximum Gasteiger partial charge on any atom is 0.310 e. The van der Waals surface area contributed by atoms with E-state index in [-0.39, 0.29) is 22.8 Å². The van der Waals surface area contributed by atoms with Crippen molar-refractivity contribution in [3.8, 4) is 0 Å². The van der Waals surface area contributed by atoms with Gasteiger partial charge in [0.2, 0.25) is 0 Å². The van der Waals surface area contributed by atoms with Crippen LogP contribution in [0.2, 0.25) is 5.15 Å². The van der Waals surface area contributed by atoms with E-state index in [1.165, 1.54) is 13.3 Å². The van der Waals surface area contributed by atoms with E-state index in [1.807, 2.05) is 0 Å². The number of ether oxygens (including phenoxy) is 1. The maximum atomic E-state index is 10.9. The van der Waals surface area contributed by atoms with Crippen LogP contribution in [0.3, 0.4) is 0 Å². The number of hydrogen-bond acceptors (Lipinski definition) is 5. The first kappa shape index (κ1) is 11.4. The molecule has 0 aliphatic rings. The Kier molecular flexibility index (Phi) is 3.56. The molecule has 80 valence electrons. The van der Waals surface area contributed by atoms with Crippen LogP contribution in [0.4, 0.5) is 5.69 Å². The van der Waals surface area contributed by atoms with Crippen LogP contribution in [0.25, 0.3) is 0 Å². The minimum Gasteiger partial charge on any atom is -0.469 e. The second-order valence-electron chi connectivity index (χ2n) is 2.65. The third-order valence-corrected chi connectivity index (χ3v) is 1.89. The van der Waals surface area contributed by atoms with Gasteiger partial charge in [-0.2, -0.15) is 0 Å². The summed E-state index contributed by atoms with van der Waals surface area (Å²) in [5, 5.41) is 10.6. The molecular weight excluding hydrogens is 224 g/mol. The Morgan fingerprint density at radius 1 is 1.73 bits per heavy atom. The second kappa shape index (κ2) is 4.70. The van der Waals surface area contributed by atoms with Crippen molar-refractivity contribution in [2.24, 2.45) is 0 Å². The smallest absolute Gasteiger partial charge is 0.310 e. The number of carbonyl (C=O) groups excluding carboxylic acids is 1. The summed E-state index contributed by atoms with van der Waals surface area (Å²) in [5.74, 6) is -0.567. The molecule has 1 heterocycles. The van der Waals surface area contributed by atoms with Gasteiger partial charge < -0.3 is 4.74 Å². The van der Waals surface area contributed by atoms with Gasteiger partial charge in [0.15, 0.2) is 0 Å². The van der Waals surface area contributed by atoms with E-state index in [1.54, 1.807) is 0 Å². The molecule has 0 radical (unpaired) electrons. The number of pyridine rings is 1. The molecule has 0 unspecified atom stereocenters. The summed E-state index contributed by atoms with van der Waals surface area (Å²) in [6.45, 7) is 0. The maximum absolute atomic E-state index is 10.9. The summed E-state index contributed by atoms with van der Waals surface area (Å²) >= 11 is 5.50. The van der Waals surface area contributed by atoms with E-state index >= 15 is 0 Å². The lowest BCUT2D eigenvalue weighted by Gasteiger charge is -2.01. The lowest BCUT2D eigenvalue weighted by atomic mass is 10.2. The van der Waals surface area contributed by atoms with Crippen LogP contribution in [0.1, 0.15) is 5.56 Å². The summed E-state index contributed by atoms with van der Waals surface area (Å²) in [4.78, 5) is 24.6. The zero-order valence-corrected chi connectivity index (χ0v) is 8.52. The van der Waals surface area contributed by atoms with Gasteiger partial charge in [-0.25, -0.2) is 4.98 Å². The molecule has 0 aliphatic carbocycles. The molecule has 0 amide bonds. The van der Waals surface area contributed by atoms with Crippen LogP contribution in [-0.2, 0) is 16.0 Å². The number of hydrogen-bond donors (Lipinski definition) is 0. The van der Waals surface area contributed by atoms with Crippen molar-refractivity contribution >= 4 is 23.3 Å². The number of halogens is 1. The highest BCUT2D eigenvalue weighted by atomic mass is 35.5. The zero-order chi connectivity index (χ0) is 11.4. The highest BCUT2D eigenvalue weighted by Crippen LogP contribution is 2.21. The Hall–Kier alpha value is -1.69. The fourth-order valence-electron chi connectivity index (χ4n) is 0.982. The predicted molar refractivity (Wildman–Crippen MR) is 51.6 cm³/mol. The number of esters is 1. The van der Waals surface area contributed by atoms with Gasteiger partial charge in [-0.3, -0.25) is 14.9 Å². The SMILES string of the molecule is COC(=O)Cc1cnc(Cl)cc1[N+](=O)[O-]. The summed E-state index contributed by atoms with van der Waals surface area (Å²) in [6.07, 6.45) is 0.994. The first-order valence-corrected chi connectivity index (χ1v) is 4.28. The van der Waals surface area contributed by atoms with Crippen LogP contribution >= 0.6 is 11.6 Å². The molecule has 0 fully saturated rings. The quantitative estimate of drug-likeness (QED) is 0.339. The summed E-state index contributed by atoms with van der Waals surface area (Å²) in [5.41, 5.74) is -0.0587. The largest absolute Gasteiger partial charge is 0.469 e. The Bertz CT molecular complexity index is 408. The van der Waals surface area contributed by atoms with E-state index in [0.29, 0.717) is 0 Å². The number of nitrogens with zero attached hydrogens (tertiary/aromatic N) is 2. The summed E-state index contributed by atoms with van der Waals surface area (Å²) in [6, 6.07) is 1.10. The average Bonchev–Trinajstić information content (AvgIpc) is 2.20. The van der Waals surface area contributed by atoms with Gasteiger partial charge in [-0.1, -0.05) is 11.6 Å². The predicted octanol–water partition coefficient (Wildman–Crippen LogP) is 1.36. The minimum atomic E-state index is -0.619. The average molecular weight is 231 g/mol. The topological polar surface area (TPSA) is 82.3 Å². The molecule has 7 heteroatoms. The molecule has 15 heavy (non-hydrogen) atoms. The van der Waals surface area contributed by atoms with Gasteiger partial charge in [0.05, 0.1) is 30.1 Å². The molecule has 0 aliphatic heterocycles. The lowest BCUT2D eigenvalue weighted by molar-refractivity contribution is -0.385. The first-order chi connectivity index (χ1) is 7.04. The van der Waals surface area contributed by atoms with E-state index in [0.717, 1.165) is 6.07 Å². The number of nitro groups is 1. The normalized spacial score (nSPS) is 9.73. The van der Waals surface area contributed by atoms with Crippen LogP contribution < -0.4 is 0 Å². The highest BCUT2D eigenvalue weighted by molar-refractivity contribution is 6.29. The van der Waals surface area contributed by atoms with Gasteiger partial charge in [-0.05, 0) is 0 Å². The van der Waals surface area contributed by atoms with Crippen molar-refractivity contribution in [2.45, 2.75) is 6.42 Å². The lowest BCUT2D eigenvalue weighted by Crippen LogP contribution is -2.07. The van der Waals surface area contributed by atoms with Gasteiger partial charge in [0, 0.05) is 6.20 Å². The fraction of sp³-hybridized carbons (Fsp3) is 0.250. The third kappa shape index (κ3) is 2.88. The fourth-order valence-corrected chi connectivity index (χ4v) is 1.13. The van der Waals surface area contributed by atoms with Crippen molar-refractivity contribution in [1.82, 2.24) is 4.98 Å². The molecule has 1 rings (SSSR count). The van der Waals surface area contributed by atoms with Crippen LogP contribution in [0, 0.1) is 10.1 Å². The Labute approximate surface area is 90.0 Å². The van der Waals surface area contributed by atoms with Crippen molar-refractivity contribution in [3.63, 3.8) is 0 Å². The molecule has 6 nitrogen and oxygen atoms in total. The molecule has 0 saturated carbocycles. The molecule has 0 bridgehead atoms. The van der Waals surface area contributed by atoms with Crippen LogP contribution in [0.15, 0.2) is 12.3 Å². The van der Waals surface area contributed by atoms with E-state index in [9.17, 15) is 14.9 Å². The van der Waals surface area contributed by atoms with Crippen molar-refractivity contribution in [1.29, 1.82) is 0 Å². The number of methoxy groups -OCH3 is 1. The van der Waals surface area contributed by atoms with Crippen LogP contribution in [0.5, 0.6) is 0 Å². The minimum absolute atomic E-state index is 0.00955. The van der Waals surface area contributed by atoms with Gasteiger partial charge in [-0.15, -0.1) is 0 Å². The Morgan fingerprint density at radius 2 is 2.40 bits per heavy atom. The van der Waals surface area contributed by atoms with E-state index < -0.39 is 10.9 Å². The molecule has 1 aromatic rings. The number of aromatic nitrogens is 1. The zero-order valence-electron chi connectivity index (χ0n) is 7.77. The Morgan fingerprint density at radius 3 is 2.93 bits per heavy atom. The van der Waals surface area contributed by atoms with E-state index in [4.69, 9.17) is 11.6 Å². The first-order valence-electron chi connectivity index (χ1n) is 3.90. The van der Waals surface area contributed by atoms with Gasteiger partial charge >= 0.3 is 5.97 Å². The van der Waals surface area contributed by atoms with Crippen LogP contribution in [-0.4, -0.2) is 23.0 Å². The molecular formula is C8H7ClN2O4. The summed E-state index contributed by atoms with van der Waals surface area (Å²) < 4.78 is 4.40. The van der Waals surface area contributed by atoms with Gasteiger partial charge in [0.1, 0.15) is 5.15 Å². The molecule has 0 atom stereocenters. The number of rotatable bonds is 3. The molecule has 0 spiro atoms. The van der Waals surface area contributed by atoms with Crippen molar-refractivity contribution in [3.05, 3.63) is 33.1 Å². The highest BCUT2D eigenvalue weighted by Gasteiger charge is 2.17. The standard InChI is InChI=1S/C8H7ClN2O4/c1-15-8(12)2-5-4-10-7(9)3-6(5)11(13)14/h3-4H,2H2,1H3. The Balaban J connectivity index is 3.06. The third-order valence-electron chi connectivity index (χ3n) is 1.69. The monoisotopic (exact) mass is 230 g/mol.